The third kappa shape index (κ3) is 2.46. The van der Waals surface area contributed by atoms with E-state index in [9.17, 15) is 0 Å². The largest absolute Gasteiger partial charge is 0.0642 e. The molecule has 0 nitrogen and oxygen atoms in total. The van der Waals surface area contributed by atoms with E-state index in [4.69, 9.17) is 0 Å². The maximum Gasteiger partial charge on any atom is -0.00566 e. The molecule has 5 aliphatic rings. The second kappa shape index (κ2) is 6.41. The van der Waals surface area contributed by atoms with Crippen LogP contribution in [0.4, 0.5) is 0 Å². The predicted molar refractivity (Wildman–Crippen MR) is 129 cm³/mol. The highest BCUT2D eigenvalue weighted by Crippen LogP contribution is 2.75. The van der Waals surface area contributed by atoms with Gasteiger partial charge in [-0.25, -0.2) is 0 Å². The van der Waals surface area contributed by atoms with Gasteiger partial charge in [-0.1, -0.05) is 73.0 Å². The minimum Gasteiger partial charge on any atom is -0.0642 e. The average molecular weight is 411 g/mol. The highest BCUT2D eigenvalue weighted by Gasteiger charge is 2.66. The Morgan fingerprint density at radius 2 is 1.40 bits per heavy atom. The van der Waals surface area contributed by atoms with E-state index in [0.717, 1.165) is 23.7 Å². The summed E-state index contributed by atoms with van der Waals surface area (Å²) >= 11 is 0. The molecule has 0 bridgehead atoms. The van der Waals surface area contributed by atoms with E-state index in [1.54, 1.807) is 0 Å². The van der Waals surface area contributed by atoms with Crippen molar-refractivity contribution in [2.24, 2.45) is 50.7 Å². The molecule has 0 aromatic rings. The van der Waals surface area contributed by atoms with E-state index in [2.05, 4.69) is 55.4 Å². The van der Waals surface area contributed by atoms with Crippen LogP contribution in [0.25, 0.3) is 0 Å². The Labute approximate surface area is 188 Å². The molecule has 0 spiro atoms. The Morgan fingerprint density at radius 1 is 0.700 bits per heavy atom. The van der Waals surface area contributed by atoms with Crippen LogP contribution in [0.15, 0.2) is 11.1 Å². The van der Waals surface area contributed by atoms with Gasteiger partial charge in [0, 0.05) is 0 Å². The lowest BCUT2D eigenvalue weighted by Gasteiger charge is -2.70. The van der Waals surface area contributed by atoms with Gasteiger partial charge in [-0.3, -0.25) is 0 Å². The minimum absolute atomic E-state index is 0.464. The SMILES string of the molecule is CC(C)[C@H]1CCC2=C3CCC4[C@@]5(C)CCCC(C)(C)C5CC[C@@]4(C)[C@]3(C)CC[C@@]21C. The first-order valence-corrected chi connectivity index (χ1v) is 13.6. The Morgan fingerprint density at radius 3 is 2.10 bits per heavy atom. The van der Waals surface area contributed by atoms with Gasteiger partial charge in [0.2, 0.25) is 0 Å². The topological polar surface area (TPSA) is 0 Å². The lowest BCUT2D eigenvalue weighted by atomic mass is 9.34. The molecule has 30 heavy (non-hydrogen) atoms. The first-order chi connectivity index (χ1) is 13.9. The Balaban J connectivity index is 1.58. The molecule has 7 atom stereocenters. The fraction of sp³-hybridized carbons (Fsp3) is 0.933. The van der Waals surface area contributed by atoms with Crippen LogP contribution in [0.2, 0.25) is 0 Å². The van der Waals surface area contributed by atoms with Gasteiger partial charge in [-0.05, 0) is 115 Å². The van der Waals surface area contributed by atoms with E-state index in [1.165, 1.54) is 70.6 Å². The molecule has 0 aliphatic heterocycles. The van der Waals surface area contributed by atoms with Crippen LogP contribution in [0.1, 0.15) is 126 Å². The van der Waals surface area contributed by atoms with Crippen LogP contribution >= 0.6 is 0 Å². The third-order valence-electron chi connectivity index (χ3n) is 12.9. The molecule has 4 saturated carbocycles. The van der Waals surface area contributed by atoms with Gasteiger partial charge in [0.25, 0.3) is 0 Å². The summed E-state index contributed by atoms with van der Waals surface area (Å²) in [5, 5.41) is 0. The van der Waals surface area contributed by atoms with Crippen molar-refractivity contribution in [3.8, 4) is 0 Å². The van der Waals surface area contributed by atoms with Gasteiger partial charge in [0.15, 0.2) is 0 Å². The van der Waals surface area contributed by atoms with Crippen molar-refractivity contribution in [3.63, 3.8) is 0 Å². The first-order valence-electron chi connectivity index (χ1n) is 13.6. The fourth-order valence-electron chi connectivity index (χ4n) is 11.3. The third-order valence-corrected chi connectivity index (χ3v) is 12.9. The molecule has 0 aromatic carbocycles. The lowest BCUT2D eigenvalue weighted by Crippen LogP contribution is -2.62. The normalized spacial score (nSPS) is 52.5. The quantitative estimate of drug-likeness (QED) is 0.378. The van der Waals surface area contributed by atoms with Crippen LogP contribution in [0, 0.1) is 50.7 Å². The molecule has 5 aliphatic carbocycles. The van der Waals surface area contributed by atoms with E-state index >= 15 is 0 Å². The number of fused-ring (bicyclic) bond motifs is 6. The van der Waals surface area contributed by atoms with Gasteiger partial charge in [-0.15, -0.1) is 0 Å². The van der Waals surface area contributed by atoms with Crippen molar-refractivity contribution in [1.82, 2.24) is 0 Å². The summed E-state index contributed by atoms with van der Waals surface area (Å²) in [6, 6.07) is 0. The van der Waals surface area contributed by atoms with Crippen LogP contribution in [0.3, 0.4) is 0 Å². The van der Waals surface area contributed by atoms with Crippen LogP contribution < -0.4 is 0 Å². The monoisotopic (exact) mass is 410 g/mol. The molecular weight excluding hydrogens is 360 g/mol. The van der Waals surface area contributed by atoms with Gasteiger partial charge in [0.1, 0.15) is 0 Å². The molecule has 170 valence electrons. The molecule has 0 N–H and O–H groups in total. The summed E-state index contributed by atoms with van der Waals surface area (Å²) in [6.07, 6.45) is 16.1. The average Bonchev–Trinajstić information content (AvgIpc) is 2.99. The summed E-state index contributed by atoms with van der Waals surface area (Å²) in [7, 11) is 0. The Bertz CT molecular complexity index is 754. The number of hydrogen-bond acceptors (Lipinski definition) is 0. The van der Waals surface area contributed by atoms with Crippen molar-refractivity contribution in [2.45, 2.75) is 126 Å². The van der Waals surface area contributed by atoms with Crippen molar-refractivity contribution in [3.05, 3.63) is 11.1 Å². The fourth-order valence-corrected chi connectivity index (χ4v) is 11.3. The van der Waals surface area contributed by atoms with E-state index in [0.29, 0.717) is 27.1 Å². The lowest BCUT2D eigenvalue weighted by molar-refractivity contribution is -0.179. The maximum absolute atomic E-state index is 2.78. The van der Waals surface area contributed by atoms with Gasteiger partial charge in [-0.2, -0.15) is 0 Å². The van der Waals surface area contributed by atoms with Crippen molar-refractivity contribution in [2.75, 3.05) is 0 Å². The second-order valence-electron chi connectivity index (χ2n) is 14.5. The molecule has 0 aromatic heterocycles. The molecule has 0 heteroatoms. The Kier molecular flexibility index (Phi) is 4.61. The highest BCUT2D eigenvalue weighted by molar-refractivity contribution is 5.38. The molecule has 5 rings (SSSR count). The number of hydrogen-bond donors (Lipinski definition) is 0. The summed E-state index contributed by atoms with van der Waals surface area (Å²) in [6.45, 7) is 21.1. The standard InChI is InChI=1S/C30H50/c1-20(2)21-10-11-22-23-12-13-25-28(6)16-9-15-26(3,4)24(28)14-17-30(25,8)29(23,7)19-18-27(21,22)5/h20-21,24-25H,9-19H2,1-8H3/t21-,24?,25?,27-,28+,29-,30-/m1/s1. The van der Waals surface area contributed by atoms with Gasteiger partial charge >= 0.3 is 0 Å². The molecule has 2 unspecified atom stereocenters. The Hall–Kier alpha value is -0.260. The molecular formula is C30H50. The summed E-state index contributed by atoms with van der Waals surface area (Å²) in [5.74, 6) is 3.63. The molecule has 0 heterocycles. The van der Waals surface area contributed by atoms with Crippen molar-refractivity contribution in [1.29, 1.82) is 0 Å². The zero-order valence-corrected chi connectivity index (χ0v) is 21.6. The molecule has 0 saturated heterocycles. The zero-order chi connectivity index (χ0) is 21.7. The van der Waals surface area contributed by atoms with Gasteiger partial charge in [0.05, 0.1) is 0 Å². The number of rotatable bonds is 1. The van der Waals surface area contributed by atoms with Crippen LogP contribution in [-0.4, -0.2) is 0 Å². The van der Waals surface area contributed by atoms with E-state index in [-0.39, 0.29) is 0 Å². The molecule has 4 fully saturated rings. The smallest absolute Gasteiger partial charge is 0.00566 e. The molecule has 0 amide bonds. The highest BCUT2D eigenvalue weighted by atomic mass is 14.7. The number of allylic oxidation sites excluding steroid dienone is 2. The van der Waals surface area contributed by atoms with Crippen LogP contribution in [0.5, 0.6) is 0 Å². The van der Waals surface area contributed by atoms with Crippen molar-refractivity contribution >= 4 is 0 Å². The second-order valence-corrected chi connectivity index (χ2v) is 14.5. The zero-order valence-electron chi connectivity index (χ0n) is 21.6. The minimum atomic E-state index is 0.464. The summed E-state index contributed by atoms with van der Waals surface area (Å²) < 4.78 is 0. The predicted octanol–water partition coefficient (Wildman–Crippen LogP) is 9.20. The summed E-state index contributed by atoms with van der Waals surface area (Å²) in [4.78, 5) is 0. The van der Waals surface area contributed by atoms with Gasteiger partial charge < -0.3 is 0 Å². The molecule has 0 radical (unpaired) electrons. The van der Waals surface area contributed by atoms with Crippen molar-refractivity contribution < 1.29 is 0 Å². The van der Waals surface area contributed by atoms with E-state index in [1.807, 2.05) is 11.1 Å². The maximum atomic E-state index is 2.78. The van der Waals surface area contributed by atoms with E-state index < -0.39 is 0 Å². The van der Waals surface area contributed by atoms with Crippen LogP contribution in [-0.2, 0) is 0 Å². The first kappa shape index (κ1) is 21.6. The summed E-state index contributed by atoms with van der Waals surface area (Å²) in [5.41, 5.74) is 6.57.